The van der Waals surface area contributed by atoms with E-state index in [1.165, 1.54) is 0 Å². The van der Waals surface area contributed by atoms with Crippen molar-refractivity contribution in [1.82, 2.24) is 0 Å². The molecule has 1 aliphatic heterocycles. The Balaban J connectivity index is 2.34. The van der Waals surface area contributed by atoms with Gasteiger partial charge in [0.1, 0.15) is 47.2 Å². The van der Waals surface area contributed by atoms with Gasteiger partial charge in [-0.1, -0.05) is 0 Å². The second-order valence-corrected chi connectivity index (χ2v) is 5.55. The molecule has 140 valence electrons. The van der Waals surface area contributed by atoms with E-state index in [2.05, 4.69) is 0 Å². The molecule has 2 rings (SSSR count). The normalized spacial score (nSPS) is 29.4. The summed E-state index contributed by atoms with van der Waals surface area (Å²) in [6.07, 6.45) is -8.18. The second-order valence-electron chi connectivity index (χ2n) is 5.55. The van der Waals surface area contributed by atoms with Gasteiger partial charge in [0, 0.05) is 18.6 Å². The SMILES string of the molecule is O=C(CCO)c1c(O)cc(O)cc1O[C@@H]1O[C@H](CO)[C@@H](O)[C@H](O)[C@H]1O. The Labute approximate surface area is 142 Å². The number of aliphatic hydroxyl groups is 5. The third kappa shape index (κ3) is 4.00. The van der Waals surface area contributed by atoms with Gasteiger partial charge in [-0.25, -0.2) is 0 Å². The summed E-state index contributed by atoms with van der Waals surface area (Å²) >= 11 is 0. The van der Waals surface area contributed by atoms with Crippen LogP contribution >= 0.6 is 0 Å². The lowest BCUT2D eigenvalue weighted by Gasteiger charge is -2.39. The van der Waals surface area contributed by atoms with Gasteiger partial charge in [0.15, 0.2) is 5.78 Å². The maximum atomic E-state index is 12.0. The number of phenolic OH excluding ortho intramolecular Hbond substituents is 2. The van der Waals surface area contributed by atoms with Crippen molar-refractivity contribution < 1.29 is 50.0 Å². The summed E-state index contributed by atoms with van der Waals surface area (Å²) in [6, 6.07) is 1.87. The predicted octanol–water partition coefficient (Wildman–Crippen LogP) is -2.16. The summed E-state index contributed by atoms with van der Waals surface area (Å²) in [7, 11) is 0. The van der Waals surface area contributed by atoms with Crippen molar-refractivity contribution in [3.05, 3.63) is 17.7 Å². The number of ether oxygens (including phenoxy) is 2. The fourth-order valence-electron chi connectivity index (χ4n) is 2.48. The van der Waals surface area contributed by atoms with E-state index < -0.39 is 61.2 Å². The topological polar surface area (TPSA) is 177 Å². The van der Waals surface area contributed by atoms with Gasteiger partial charge in [0.2, 0.25) is 6.29 Å². The van der Waals surface area contributed by atoms with Crippen LogP contribution in [0, 0.1) is 0 Å². The summed E-state index contributed by atoms with van der Waals surface area (Å²) in [4.78, 5) is 12.0. The highest BCUT2D eigenvalue weighted by Gasteiger charge is 2.45. The molecule has 0 bridgehead atoms. The first-order valence-electron chi connectivity index (χ1n) is 7.47. The number of aliphatic hydroxyl groups excluding tert-OH is 5. The molecule has 0 unspecified atom stereocenters. The number of carbonyl (C=O) groups is 1. The van der Waals surface area contributed by atoms with Crippen molar-refractivity contribution in [2.24, 2.45) is 0 Å². The summed E-state index contributed by atoms with van der Waals surface area (Å²) in [6.45, 7) is -1.16. The van der Waals surface area contributed by atoms with Gasteiger partial charge in [-0.15, -0.1) is 0 Å². The molecule has 1 fully saturated rings. The Hall–Kier alpha value is -1.95. The van der Waals surface area contributed by atoms with E-state index in [1.807, 2.05) is 0 Å². The minimum Gasteiger partial charge on any atom is -0.508 e. The smallest absolute Gasteiger partial charge is 0.229 e. The average molecular weight is 360 g/mol. The number of rotatable bonds is 6. The van der Waals surface area contributed by atoms with E-state index in [1.54, 1.807) is 0 Å². The number of hydrogen-bond donors (Lipinski definition) is 7. The highest BCUT2D eigenvalue weighted by molar-refractivity contribution is 6.01. The molecule has 1 aromatic carbocycles. The van der Waals surface area contributed by atoms with Gasteiger partial charge in [-0.05, 0) is 0 Å². The molecule has 0 spiro atoms. The number of hydrogen-bond acceptors (Lipinski definition) is 10. The third-order valence-corrected chi connectivity index (χ3v) is 3.78. The summed E-state index contributed by atoms with van der Waals surface area (Å²) in [5.74, 6) is -2.12. The summed E-state index contributed by atoms with van der Waals surface area (Å²) in [5.41, 5.74) is -0.358. The zero-order valence-corrected chi connectivity index (χ0v) is 13.0. The number of aromatic hydroxyl groups is 2. The molecule has 1 aromatic rings. The number of Topliss-reactive ketones (excluding diaryl/α,β-unsaturated/α-hetero) is 1. The molecule has 25 heavy (non-hydrogen) atoms. The summed E-state index contributed by atoms with van der Waals surface area (Å²) < 4.78 is 10.5. The van der Waals surface area contributed by atoms with Crippen LogP contribution in [0.15, 0.2) is 12.1 Å². The minimum atomic E-state index is -1.73. The standard InChI is InChI=1S/C15H20O10/c16-2-1-7(19)11-8(20)3-6(18)4-9(11)24-15-14(23)13(22)12(21)10(5-17)25-15/h3-4,10,12-18,20-23H,1-2,5H2/t10-,12-,13+,14-,15-/m1/s1. The third-order valence-electron chi connectivity index (χ3n) is 3.78. The quantitative estimate of drug-likeness (QED) is 0.276. The molecule has 0 saturated carbocycles. The lowest BCUT2D eigenvalue weighted by Crippen LogP contribution is -2.60. The van der Waals surface area contributed by atoms with Crippen molar-refractivity contribution in [2.75, 3.05) is 13.2 Å². The van der Waals surface area contributed by atoms with E-state index in [4.69, 9.17) is 19.7 Å². The van der Waals surface area contributed by atoms with Crippen molar-refractivity contribution in [1.29, 1.82) is 0 Å². The van der Waals surface area contributed by atoms with E-state index in [0.29, 0.717) is 0 Å². The van der Waals surface area contributed by atoms with Gasteiger partial charge < -0.3 is 45.2 Å². The van der Waals surface area contributed by atoms with E-state index in [-0.39, 0.29) is 17.7 Å². The number of phenols is 2. The fourth-order valence-corrected chi connectivity index (χ4v) is 2.48. The second kappa shape index (κ2) is 7.95. The Morgan fingerprint density at radius 2 is 1.76 bits per heavy atom. The first kappa shape index (κ1) is 19.4. The van der Waals surface area contributed by atoms with Crippen LogP contribution in [0.2, 0.25) is 0 Å². The molecule has 1 heterocycles. The van der Waals surface area contributed by atoms with Gasteiger partial charge >= 0.3 is 0 Å². The maximum absolute atomic E-state index is 12.0. The minimum absolute atomic E-state index is 0.330. The Bertz CT molecular complexity index is 617. The molecule has 0 aromatic heterocycles. The first-order chi connectivity index (χ1) is 11.8. The number of carbonyl (C=O) groups excluding carboxylic acids is 1. The Kier molecular flexibility index (Phi) is 6.16. The predicted molar refractivity (Wildman–Crippen MR) is 80.2 cm³/mol. The van der Waals surface area contributed by atoms with Gasteiger partial charge in [-0.3, -0.25) is 4.79 Å². The van der Waals surface area contributed by atoms with Crippen LogP contribution in [0.1, 0.15) is 16.8 Å². The monoisotopic (exact) mass is 360 g/mol. The van der Waals surface area contributed by atoms with E-state index >= 15 is 0 Å². The number of ketones is 1. The largest absolute Gasteiger partial charge is 0.508 e. The average Bonchev–Trinajstić information content (AvgIpc) is 2.55. The molecular weight excluding hydrogens is 340 g/mol. The van der Waals surface area contributed by atoms with Crippen LogP contribution in [0.3, 0.4) is 0 Å². The van der Waals surface area contributed by atoms with Crippen LogP contribution < -0.4 is 4.74 Å². The molecule has 10 nitrogen and oxygen atoms in total. The Morgan fingerprint density at radius 1 is 1.08 bits per heavy atom. The van der Waals surface area contributed by atoms with Crippen molar-refractivity contribution in [3.8, 4) is 17.2 Å². The molecule has 0 amide bonds. The van der Waals surface area contributed by atoms with Crippen LogP contribution in [0.5, 0.6) is 17.2 Å². The van der Waals surface area contributed by atoms with Crippen molar-refractivity contribution in [2.45, 2.75) is 37.1 Å². The highest BCUT2D eigenvalue weighted by Crippen LogP contribution is 2.36. The van der Waals surface area contributed by atoms with Crippen LogP contribution in [0.25, 0.3) is 0 Å². The molecule has 1 saturated heterocycles. The van der Waals surface area contributed by atoms with Crippen LogP contribution in [-0.2, 0) is 4.74 Å². The molecule has 7 N–H and O–H groups in total. The van der Waals surface area contributed by atoms with Crippen LogP contribution in [-0.4, -0.2) is 85.4 Å². The van der Waals surface area contributed by atoms with Crippen molar-refractivity contribution >= 4 is 5.78 Å². The molecule has 0 aliphatic carbocycles. The molecule has 0 radical (unpaired) electrons. The fraction of sp³-hybridized carbons (Fsp3) is 0.533. The van der Waals surface area contributed by atoms with Crippen LogP contribution in [0.4, 0.5) is 0 Å². The first-order valence-corrected chi connectivity index (χ1v) is 7.47. The highest BCUT2D eigenvalue weighted by atomic mass is 16.7. The van der Waals surface area contributed by atoms with Gasteiger partial charge in [0.25, 0.3) is 0 Å². The number of benzene rings is 1. The zero-order chi connectivity index (χ0) is 18.7. The molecular formula is C15H20O10. The lowest BCUT2D eigenvalue weighted by atomic mass is 9.99. The molecule has 1 aliphatic rings. The van der Waals surface area contributed by atoms with E-state index in [9.17, 15) is 30.3 Å². The van der Waals surface area contributed by atoms with Gasteiger partial charge in [-0.2, -0.15) is 0 Å². The Morgan fingerprint density at radius 3 is 2.36 bits per heavy atom. The van der Waals surface area contributed by atoms with E-state index in [0.717, 1.165) is 12.1 Å². The summed E-state index contributed by atoms with van der Waals surface area (Å²) in [5, 5.41) is 66.9. The molecule has 10 heteroatoms. The maximum Gasteiger partial charge on any atom is 0.229 e. The van der Waals surface area contributed by atoms with Crippen molar-refractivity contribution in [3.63, 3.8) is 0 Å². The molecule has 5 atom stereocenters. The lowest BCUT2D eigenvalue weighted by molar-refractivity contribution is -0.277. The van der Waals surface area contributed by atoms with Gasteiger partial charge in [0.05, 0.1) is 13.2 Å². The zero-order valence-electron chi connectivity index (χ0n) is 13.0.